The highest BCUT2D eigenvalue weighted by Gasteiger charge is 2.27. The summed E-state index contributed by atoms with van der Waals surface area (Å²) < 4.78 is 50.9. The Kier molecular flexibility index (Phi) is 7.94. The van der Waals surface area contributed by atoms with Crippen molar-refractivity contribution < 1.29 is 22.3 Å². The van der Waals surface area contributed by atoms with Crippen molar-refractivity contribution in [2.45, 2.75) is 32.7 Å². The van der Waals surface area contributed by atoms with Gasteiger partial charge < -0.3 is 9.64 Å². The molecule has 38 heavy (non-hydrogen) atoms. The van der Waals surface area contributed by atoms with E-state index in [0.29, 0.717) is 38.1 Å². The molecule has 1 saturated heterocycles. The number of amides is 1. The normalized spacial score (nSPS) is 13.8. The lowest BCUT2D eigenvalue weighted by molar-refractivity contribution is -0.127. The molecule has 4 rings (SSSR count). The van der Waals surface area contributed by atoms with Crippen LogP contribution in [-0.4, -0.2) is 59.8 Å². The number of hydrogen-bond donors (Lipinski definition) is 1. The number of ether oxygens (including phenoxy) is 1. The standard InChI is InChI=1S/C25H27FN6O5S/c1-17(33)30(2)10-5-11-31-16-28-22-8-6-18(14-19(22)25(31)34)37-24-20(15-27)23(9-7-21(24)26)29-38(35,36)32-12-3-4-13-32/h6-9,14,16,29H,3-5,10-13H2,1-2H3. The monoisotopic (exact) mass is 542 g/mol. The lowest BCUT2D eigenvalue weighted by atomic mass is 10.1. The van der Waals surface area contributed by atoms with E-state index >= 15 is 0 Å². The Balaban J connectivity index is 1.61. The van der Waals surface area contributed by atoms with Crippen LogP contribution in [0.15, 0.2) is 41.5 Å². The van der Waals surface area contributed by atoms with Gasteiger partial charge in [0.25, 0.3) is 5.56 Å². The number of anilines is 1. The summed E-state index contributed by atoms with van der Waals surface area (Å²) in [5, 5.41) is 9.96. The Morgan fingerprint density at radius 1 is 1.26 bits per heavy atom. The molecule has 1 aliphatic heterocycles. The van der Waals surface area contributed by atoms with Crippen molar-refractivity contribution in [2.24, 2.45) is 0 Å². The zero-order chi connectivity index (χ0) is 27.4. The van der Waals surface area contributed by atoms with Crippen LogP contribution in [0.3, 0.4) is 0 Å². The Bertz CT molecular complexity index is 1580. The summed E-state index contributed by atoms with van der Waals surface area (Å²) in [5.74, 6) is -1.35. The molecule has 1 amide bonds. The van der Waals surface area contributed by atoms with E-state index in [2.05, 4.69) is 9.71 Å². The molecule has 0 radical (unpaired) electrons. The van der Waals surface area contributed by atoms with Crippen LogP contribution in [-0.2, 0) is 21.5 Å². The van der Waals surface area contributed by atoms with Gasteiger partial charge in [0.05, 0.1) is 22.9 Å². The molecular formula is C25H27FN6O5S. The Labute approximate surface area is 219 Å². The molecule has 2 aromatic carbocycles. The van der Waals surface area contributed by atoms with Gasteiger partial charge in [-0.25, -0.2) is 9.37 Å². The topological polar surface area (TPSA) is 138 Å². The number of aryl methyl sites for hydroxylation is 1. The second-order valence-electron chi connectivity index (χ2n) is 8.94. The number of halogens is 1. The third kappa shape index (κ3) is 5.76. The van der Waals surface area contributed by atoms with Crippen molar-refractivity contribution in [1.82, 2.24) is 18.8 Å². The summed E-state index contributed by atoms with van der Waals surface area (Å²) in [5.41, 5.74) is -0.395. The van der Waals surface area contributed by atoms with Crippen LogP contribution in [0.5, 0.6) is 11.5 Å². The number of carbonyl (C=O) groups is 1. The molecule has 0 spiro atoms. The fourth-order valence-electron chi connectivity index (χ4n) is 4.10. The fraction of sp³-hybridized carbons (Fsp3) is 0.360. The molecule has 0 bridgehead atoms. The van der Waals surface area contributed by atoms with Crippen LogP contribution < -0.4 is 15.0 Å². The zero-order valence-corrected chi connectivity index (χ0v) is 21.8. The highest BCUT2D eigenvalue weighted by Crippen LogP contribution is 2.34. The minimum absolute atomic E-state index is 0.0698. The predicted octanol–water partition coefficient (Wildman–Crippen LogP) is 2.82. The quantitative estimate of drug-likeness (QED) is 0.439. The first-order chi connectivity index (χ1) is 18.1. The summed E-state index contributed by atoms with van der Waals surface area (Å²) in [4.78, 5) is 30.3. The molecule has 11 nitrogen and oxygen atoms in total. The smallest absolute Gasteiger partial charge is 0.301 e. The second kappa shape index (κ2) is 11.2. The van der Waals surface area contributed by atoms with Gasteiger partial charge in [-0.05, 0) is 49.6 Å². The van der Waals surface area contributed by atoms with Crippen molar-refractivity contribution in [2.75, 3.05) is 31.4 Å². The molecule has 200 valence electrons. The number of nitrogens with one attached hydrogen (secondary N) is 1. The first-order valence-corrected chi connectivity index (χ1v) is 13.4. The van der Waals surface area contributed by atoms with Crippen LogP contribution in [0, 0.1) is 17.1 Å². The molecule has 3 aromatic rings. The van der Waals surface area contributed by atoms with Crippen molar-refractivity contribution in [3.63, 3.8) is 0 Å². The van der Waals surface area contributed by atoms with Gasteiger partial charge in [0.2, 0.25) is 5.91 Å². The molecule has 1 fully saturated rings. The van der Waals surface area contributed by atoms with Crippen molar-refractivity contribution in [3.05, 3.63) is 58.4 Å². The van der Waals surface area contributed by atoms with E-state index in [1.807, 2.05) is 6.07 Å². The number of aromatic nitrogens is 2. The third-order valence-electron chi connectivity index (χ3n) is 6.31. The molecule has 1 N–H and O–H groups in total. The van der Waals surface area contributed by atoms with Gasteiger partial charge in [-0.1, -0.05) is 0 Å². The molecule has 0 aliphatic carbocycles. The van der Waals surface area contributed by atoms with Gasteiger partial charge in [-0.3, -0.25) is 18.9 Å². The summed E-state index contributed by atoms with van der Waals surface area (Å²) in [6.07, 6.45) is 3.42. The molecule has 2 heterocycles. The number of fused-ring (bicyclic) bond motifs is 1. The Morgan fingerprint density at radius 3 is 2.68 bits per heavy atom. The molecular weight excluding hydrogens is 515 g/mol. The molecule has 13 heteroatoms. The van der Waals surface area contributed by atoms with Gasteiger partial charge in [0.15, 0.2) is 11.6 Å². The van der Waals surface area contributed by atoms with E-state index in [1.165, 1.54) is 46.4 Å². The number of benzene rings is 2. The summed E-state index contributed by atoms with van der Waals surface area (Å²) >= 11 is 0. The van der Waals surface area contributed by atoms with Crippen LogP contribution in [0.1, 0.15) is 31.7 Å². The van der Waals surface area contributed by atoms with Crippen molar-refractivity contribution in [1.29, 1.82) is 5.26 Å². The van der Waals surface area contributed by atoms with E-state index < -0.39 is 21.8 Å². The number of carbonyl (C=O) groups excluding carboxylic acids is 1. The van der Waals surface area contributed by atoms with E-state index in [0.717, 1.165) is 18.9 Å². The predicted molar refractivity (Wildman–Crippen MR) is 138 cm³/mol. The maximum Gasteiger partial charge on any atom is 0.301 e. The minimum atomic E-state index is -3.93. The van der Waals surface area contributed by atoms with Gasteiger partial charge in [0.1, 0.15) is 17.4 Å². The molecule has 0 atom stereocenters. The lowest BCUT2D eigenvalue weighted by Gasteiger charge is -2.18. The molecule has 0 unspecified atom stereocenters. The van der Waals surface area contributed by atoms with Crippen LogP contribution in [0.2, 0.25) is 0 Å². The van der Waals surface area contributed by atoms with Gasteiger partial charge >= 0.3 is 10.2 Å². The van der Waals surface area contributed by atoms with Gasteiger partial charge in [0, 0.05) is 40.2 Å². The van der Waals surface area contributed by atoms with Gasteiger partial charge in [-0.2, -0.15) is 18.0 Å². The van der Waals surface area contributed by atoms with Crippen LogP contribution in [0.4, 0.5) is 10.1 Å². The summed E-state index contributed by atoms with van der Waals surface area (Å²) in [6.45, 7) is 2.98. The van der Waals surface area contributed by atoms with Crippen molar-refractivity contribution >= 4 is 32.7 Å². The number of nitrogens with zero attached hydrogens (tertiary/aromatic N) is 5. The summed E-state index contributed by atoms with van der Waals surface area (Å²) in [7, 11) is -2.25. The maximum atomic E-state index is 14.8. The zero-order valence-electron chi connectivity index (χ0n) is 21.0. The van der Waals surface area contributed by atoms with E-state index in [-0.39, 0.29) is 33.9 Å². The largest absolute Gasteiger partial charge is 0.453 e. The second-order valence-corrected chi connectivity index (χ2v) is 10.6. The van der Waals surface area contributed by atoms with Gasteiger partial charge in [-0.15, -0.1) is 0 Å². The van der Waals surface area contributed by atoms with E-state index in [4.69, 9.17) is 4.74 Å². The minimum Gasteiger partial charge on any atom is -0.453 e. The first kappa shape index (κ1) is 27.0. The summed E-state index contributed by atoms with van der Waals surface area (Å²) in [6, 6.07) is 8.39. The highest BCUT2D eigenvalue weighted by atomic mass is 32.2. The Hall–Kier alpha value is -4.02. The number of rotatable bonds is 9. The Morgan fingerprint density at radius 2 is 2.00 bits per heavy atom. The highest BCUT2D eigenvalue weighted by molar-refractivity contribution is 7.90. The average molecular weight is 543 g/mol. The third-order valence-corrected chi connectivity index (χ3v) is 7.83. The first-order valence-electron chi connectivity index (χ1n) is 12.0. The SMILES string of the molecule is CC(=O)N(C)CCCn1cnc2ccc(Oc3c(F)ccc(NS(=O)(=O)N4CCCC4)c3C#N)cc2c1=O. The lowest BCUT2D eigenvalue weighted by Crippen LogP contribution is -2.33. The van der Waals surface area contributed by atoms with Crippen LogP contribution >= 0.6 is 0 Å². The maximum absolute atomic E-state index is 14.8. The van der Waals surface area contributed by atoms with E-state index in [9.17, 15) is 27.7 Å². The number of hydrogen-bond acceptors (Lipinski definition) is 7. The van der Waals surface area contributed by atoms with Crippen LogP contribution in [0.25, 0.3) is 10.9 Å². The molecule has 1 aliphatic rings. The van der Waals surface area contributed by atoms with E-state index in [1.54, 1.807) is 11.9 Å². The fourth-order valence-corrected chi connectivity index (χ4v) is 5.42. The molecule has 1 aromatic heterocycles. The molecule has 0 saturated carbocycles. The average Bonchev–Trinajstić information content (AvgIpc) is 3.44. The number of nitriles is 1. The van der Waals surface area contributed by atoms with Crippen molar-refractivity contribution in [3.8, 4) is 17.6 Å².